The zero-order chi connectivity index (χ0) is 24.1. The Labute approximate surface area is 216 Å². The molecule has 0 saturated heterocycles. The number of ether oxygens (including phenoxy) is 2. The number of benzene rings is 3. The maximum Gasteiger partial charge on any atom is 0.287 e. The highest BCUT2D eigenvalue weighted by Gasteiger charge is 2.17. The molecule has 1 aliphatic rings. The Morgan fingerprint density at radius 2 is 1.82 bits per heavy atom. The SMILES string of the molecule is O=C(NN=Cc1cc(Br)cc(I)c1O)C(=Cc1ccc2c(c1)OCO2)NC(=O)c1ccccc1. The molecule has 0 spiro atoms. The van der Waals surface area contributed by atoms with Crippen molar-refractivity contribution in [1.82, 2.24) is 10.7 Å². The predicted octanol–water partition coefficient (Wildman–Crippen LogP) is 4.41. The summed E-state index contributed by atoms with van der Waals surface area (Å²) >= 11 is 5.35. The summed E-state index contributed by atoms with van der Waals surface area (Å²) in [6.07, 6.45) is 2.82. The van der Waals surface area contributed by atoms with Crippen molar-refractivity contribution in [2.75, 3.05) is 6.79 Å². The third-order valence-corrected chi connectivity index (χ3v) is 5.94. The number of carbonyl (C=O) groups excluding carboxylic acids is 2. The summed E-state index contributed by atoms with van der Waals surface area (Å²) in [5.74, 6) is 0.0776. The van der Waals surface area contributed by atoms with E-state index in [1.54, 1.807) is 60.7 Å². The van der Waals surface area contributed by atoms with Gasteiger partial charge in [0.2, 0.25) is 6.79 Å². The second-order valence-corrected chi connectivity index (χ2v) is 9.09. The number of hydrazone groups is 1. The number of hydrogen-bond donors (Lipinski definition) is 3. The van der Waals surface area contributed by atoms with E-state index in [1.165, 1.54) is 12.3 Å². The van der Waals surface area contributed by atoms with Crippen LogP contribution in [-0.2, 0) is 4.79 Å². The second kappa shape index (κ2) is 10.7. The van der Waals surface area contributed by atoms with Gasteiger partial charge in [-0.05, 0) is 70.6 Å². The van der Waals surface area contributed by atoms with Gasteiger partial charge in [0.25, 0.3) is 11.8 Å². The van der Waals surface area contributed by atoms with Crippen LogP contribution >= 0.6 is 38.5 Å². The van der Waals surface area contributed by atoms with Crippen molar-refractivity contribution in [2.24, 2.45) is 5.10 Å². The standard InChI is InChI=1S/C24H17BrIN3O5/c25-17-10-16(22(30)18(26)11-17)12-27-29-24(32)19(28-23(31)15-4-2-1-3-5-15)8-14-6-7-20-21(9-14)34-13-33-20/h1-12,30H,13H2,(H,28,31)(H,29,32). The zero-order valence-corrected chi connectivity index (χ0v) is 21.2. The predicted molar refractivity (Wildman–Crippen MR) is 139 cm³/mol. The highest BCUT2D eigenvalue weighted by atomic mass is 127. The number of nitrogens with one attached hydrogen (secondary N) is 2. The third kappa shape index (κ3) is 5.75. The van der Waals surface area contributed by atoms with Crippen LogP contribution in [0.15, 0.2) is 75.9 Å². The summed E-state index contributed by atoms with van der Waals surface area (Å²) in [7, 11) is 0. The minimum atomic E-state index is -0.651. The molecule has 34 heavy (non-hydrogen) atoms. The van der Waals surface area contributed by atoms with E-state index in [0.717, 1.165) is 4.47 Å². The van der Waals surface area contributed by atoms with Crippen molar-refractivity contribution in [3.8, 4) is 17.2 Å². The molecule has 4 rings (SSSR count). The van der Waals surface area contributed by atoms with Crippen molar-refractivity contribution < 1.29 is 24.2 Å². The number of halogens is 2. The van der Waals surface area contributed by atoms with Gasteiger partial charge < -0.3 is 19.9 Å². The Hall–Kier alpha value is -3.38. The summed E-state index contributed by atoms with van der Waals surface area (Å²) < 4.78 is 12.1. The largest absolute Gasteiger partial charge is 0.506 e. The summed E-state index contributed by atoms with van der Waals surface area (Å²) in [5, 5.41) is 16.8. The van der Waals surface area contributed by atoms with E-state index in [4.69, 9.17) is 9.47 Å². The van der Waals surface area contributed by atoms with Gasteiger partial charge in [-0.3, -0.25) is 9.59 Å². The van der Waals surface area contributed by atoms with Crippen molar-refractivity contribution in [1.29, 1.82) is 0 Å². The lowest BCUT2D eigenvalue weighted by atomic mass is 10.1. The maximum absolute atomic E-state index is 12.9. The maximum atomic E-state index is 12.9. The molecule has 1 heterocycles. The number of nitrogens with zero attached hydrogens (tertiary/aromatic N) is 1. The van der Waals surface area contributed by atoms with Crippen LogP contribution in [0.5, 0.6) is 17.2 Å². The average Bonchev–Trinajstić information content (AvgIpc) is 3.30. The van der Waals surface area contributed by atoms with E-state index < -0.39 is 11.8 Å². The summed E-state index contributed by atoms with van der Waals surface area (Å²) in [4.78, 5) is 25.6. The number of phenols is 1. The third-order valence-electron chi connectivity index (χ3n) is 4.66. The minimum Gasteiger partial charge on any atom is -0.506 e. The second-order valence-electron chi connectivity index (χ2n) is 7.02. The molecule has 0 aromatic heterocycles. The quantitative estimate of drug-likeness (QED) is 0.161. The van der Waals surface area contributed by atoms with Gasteiger partial charge >= 0.3 is 0 Å². The van der Waals surface area contributed by atoms with Gasteiger partial charge in [-0.1, -0.05) is 40.2 Å². The van der Waals surface area contributed by atoms with Crippen LogP contribution in [0.4, 0.5) is 0 Å². The Morgan fingerprint density at radius 3 is 2.62 bits per heavy atom. The topological polar surface area (TPSA) is 109 Å². The number of amides is 2. The number of aromatic hydroxyl groups is 1. The number of carbonyl (C=O) groups is 2. The van der Waals surface area contributed by atoms with Crippen molar-refractivity contribution in [2.45, 2.75) is 0 Å². The van der Waals surface area contributed by atoms with E-state index in [1.807, 2.05) is 22.6 Å². The summed E-state index contributed by atoms with van der Waals surface area (Å²) in [5.41, 5.74) is 3.78. The van der Waals surface area contributed by atoms with E-state index in [9.17, 15) is 14.7 Å². The first-order valence-electron chi connectivity index (χ1n) is 9.90. The molecule has 8 nitrogen and oxygen atoms in total. The van der Waals surface area contributed by atoms with Gasteiger partial charge in [0.15, 0.2) is 11.5 Å². The van der Waals surface area contributed by atoms with Gasteiger partial charge in [0, 0.05) is 15.6 Å². The molecule has 3 aromatic rings. The number of phenolic OH excluding ortho intramolecular Hbond substituents is 1. The zero-order valence-electron chi connectivity index (χ0n) is 17.4. The highest BCUT2D eigenvalue weighted by molar-refractivity contribution is 14.1. The summed E-state index contributed by atoms with van der Waals surface area (Å²) in [6, 6.07) is 17.1. The Morgan fingerprint density at radius 1 is 1.06 bits per heavy atom. The first-order valence-corrected chi connectivity index (χ1v) is 11.8. The molecule has 0 radical (unpaired) electrons. The van der Waals surface area contributed by atoms with Gasteiger partial charge in [-0.25, -0.2) is 5.43 Å². The van der Waals surface area contributed by atoms with E-state index in [2.05, 4.69) is 31.8 Å². The van der Waals surface area contributed by atoms with Gasteiger partial charge in [0.05, 0.1) is 9.78 Å². The highest BCUT2D eigenvalue weighted by Crippen LogP contribution is 2.33. The summed E-state index contributed by atoms with van der Waals surface area (Å²) in [6.45, 7) is 0.122. The lowest BCUT2D eigenvalue weighted by Gasteiger charge is -2.10. The lowest BCUT2D eigenvalue weighted by molar-refractivity contribution is -0.117. The van der Waals surface area contributed by atoms with Crippen LogP contribution in [0.2, 0.25) is 0 Å². The molecule has 0 fully saturated rings. The molecule has 0 bridgehead atoms. The average molecular weight is 634 g/mol. The molecule has 10 heteroatoms. The molecule has 0 atom stereocenters. The fourth-order valence-corrected chi connectivity index (χ4v) is 4.57. The minimum absolute atomic E-state index is 0.0297. The monoisotopic (exact) mass is 633 g/mol. The smallest absolute Gasteiger partial charge is 0.287 e. The normalized spacial score (nSPS) is 12.6. The molecule has 172 valence electrons. The van der Waals surface area contributed by atoms with Crippen molar-refractivity contribution in [3.63, 3.8) is 0 Å². The fourth-order valence-electron chi connectivity index (χ4n) is 3.02. The molecular weight excluding hydrogens is 617 g/mol. The molecular formula is C24H17BrIN3O5. The first kappa shape index (κ1) is 23.8. The van der Waals surface area contributed by atoms with Gasteiger partial charge in [-0.15, -0.1) is 0 Å². The van der Waals surface area contributed by atoms with Crippen LogP contribution in [0.3, 0.4) is 0 Å². The van der Waals surface area contributed by atoms with Gasteiger partial charge in [0.1, 0.15) is 11.4 Å². The Balaban J connectivity index is 1.58. The van der Waals surface area contributed by atoms with Crippen molar-refractivity contribution >= 4 is 62.6 Å². The fraction of sp³-hybridized carbons (Fsp3) is 0.0417. The number of fused-ring (bicyclic) bond motifs is 1. The lowest BCUT2D eigenvalue weighted by Crippen LogP contribution is -2.32. The van der Waals surface area contributed by atoms with Crippen LogP contribution in [0.1, 0.15) is 21.5 Å². The van der Waals surface area contributed by atoms with E-state index in [-0.39, 0.29) is 18.2 Å². The van der Waals surface area contributed by atoms with Crippen molar-refractivity contribution in [3.05, 3.63) is 91.1 Å². The van der Waals surface area contributed by atoms with E-state index >= 15 is 0 Å². The number of hydrogen-bond acceptors (Lipinski definition) is 6. The molecule has 0 unspecified atom stereocenters. The van der Waals surface area contributed by atoms with Crippen LogP contribution in [0.25, 0.3) is 6.08 Å². The molecule has 0 saturated carbocycles. The van der Waals surface area contributed by atoms with Crippen LogP contribution in [0, 0.1) is 3.57 Å². The first-order chi connectivity index (χ1) is 16.4. The number of rotatable bonds is 6. The molecule has 2 amide bonds. The van der Waals surface area contributed by atoms with Gasteiger partial charge in [-0.2, -0.15) is 5.10 Å². The van der Waals surface area contributed by atoms with E-state index in [0.29, 0.717) is 31.8 Å². The Kier molecular flexibility index (Phi) is 7.48. The Bertz CT molecular complexity index is 1310. The van der Waals surface area contributed by atoms with Crippen LogP contribution in [-0.4, -0.2) is 29.9 Å². The molecule has 1 aliphatic heterocycles. The molecule has 3 aromatic carbocycles. The molecule has 3 N–H and O–H groups in total. The molecule has 0 aliphatic carbocycles. The van der Waals surface area contributed by atoms with Crippen LogP contribution < -0.4 is 20.2 Å².